The maximum atomic E-state index is 12.9. The lowest BCUT2D eigenvalue weighted by Crippen LogP contribution is -2.49. The number of rotatable bonds is 4. The van der Waals surface area contributed by atoms with Crippen LogP contribution in [0.2, 0.25) is 0 Å². The van der Waals surface area contributed by atoms with Gasteiger partial charge in [-0.25, -0.2) is 8.42 Å². The van der Waals surface area contributed by atoms with Crippen LogP contribution in [0.5, 0.6) is 0 Å². The van der Waals surface area contributed by atoms with Gasteiger partial charge in [-0.2, -0.15) is 9.57 Å². The van der Waals surface area contributed by atoms with Gasteiger partial charge in [0, 0.05) is 11.4 Å². The van der Waals surface area contributed by atoms with Gasteiger partial charge in [-0.3, -0.25) is 4.79 Å². The third kappa shape index (κ3) is 3.42. The lowest BCUT2D eigenvalue weighted by atomic mass is 10.0. The molecule has 1 atom stereocenters. The molecule has 1 unspecified atom stereocenters. The molecular formula is C17H19N3O3S3. The first-order valence-electron chi connectivity index (χ1n) is 8.22. The van der Waals surface area contributed by atoms with Crippen molar-refractivity contribution >= 4 is 43.6 Å². The normalized spacial score (nSPS) is 18.4. The first-order chi connectivity index (χ1) is 12.4. The molecular weight excluding hydrogens is 390 g/mol. The Morgan fingerprint density at radius 3 is 2.81 bits per heavy atom. The molecule has 3 rings (SSSR count). The number of thiophene rings is 2. The number of piperidine rings is 1. The van der Waals surface area contributed by atoms with Gasteiger partial charge in [0.2, 0.25) is 5.91 Å². The number of hydrogen-bond acceptors (Lipinski definition) is 6. The van der Waals surface area contributed by atoms with Crippen LogP contribution in [0.3, 0.4) is 0 Å². The zero-order valence-electron chi connectivity index (χ0n) is 14.5. The average Bonchev–Trinajstić information content (AvgIpc) is 3.25. The number of amides is 1. The Kier molecular flexibility index (Phi) is 5.48. The summed E-state index contributed by atoms with van der Waals surface area (Å²) in [5, 5.41) is 14.3. The Bertz CT molecular complexity index is 956. The Morgan fingerprint density at radius 1 is 1.38 bits per heavy atom. The van der Waals surface area contributed by atoms with Gasteiger partial charge in [0.15, 0.2) is 0 Å². The lowest BCUT2D eigenvalue weighted by Gasteiger charge is -2.33. The van der Waals surface area contributed by atoms with Crippen LogP contribution in [0.1, 0.15) is 35.3 Å². The van der Waals surface area contributed by atoms with E-state index in [0.717, 1.165) is 34.6 Å². The van der Waals surface area contributed by atoms with Gasteiger partial charge in [-0.05, 0) is 43.7 Å². The van der Waals surface area contributed by atoms with Crippen LogP contribution in [-0.4, -0.2) is 31.2 Å². The van der Waals surface area contributed by atoms with Gasteiger partial charge in [0.25, 0.3) is 10.0 Å². The number of nitrogens with zero attached hydrogens (tertiary/aromatic N) is 2. The third-order valence-corrected chi connectivity index (χ3v) is 8.95. The quantitative estimate of drug-likeness (QED) is 0.837. The van der Waals surface area contributed by atoms with E-state index >= 15 is 0 Å². The van der Waals surface area contributed by atoms with Crippen molar-refractivity contribution in [2.45, 2.75) is 43.4 Å². The van der Waals surface area contributed by atoms with Crippen LogP contribution in [0, 0.1) is 25.2 Å². The summed E-state index contributed by atoms with van der Waals surface area (Å²) in [6.45, 7) is 4.06. The van der Waals surface area contributed by atoms with E-state index in [1.54, 1.807) is 17.5 Å². The van der Waals surface area contributed by atoms with Gasteiger partial charge in [-0.1, -0.05) is 12.5 Å². The fourth-order valence-electron chi connectivity index (χ4n) is 3.03. The Labute approximate surface area is 161 Å². The van der Waals surface area contributed by atoms with Crippen molar-refractivity contribution in [2.75, 3.05) is 11.9 Å². The van der Waals surface area contributed by atoms with Crippen LogP contribution in [0.4, 0.5) is 5.00 Å². The smallest absolute Gasteiger partial charge is 0.253 e. The van der Waals surface area contributed by atoms with E-state index in [1.807, 2.05) is 13.8 Å². The molecule has 1 N–H and O–H groups in total. The zero-order valence-corrected chi connectivity index (χ0v) is 16.9. The van der Waals surface area contributed by atoms with E-state index in [9.17, 15) is 18.5 Å². The molecule has 0 saturated carbocycles. The molecule has 138 valence electrons. The monoisotopic (exact) mass is 409 g/mol. The highest BCUT2D eigenvalue weighted by Gasteiger charge is 2.38. The number of anilines is 1. The van der Waals surface area contributed by atoms with Gasteiger partial charge >= 0.3 is 0 Å². The average molecular weight is 410 g/mol. The first-order valence-corrected chi connectivity index (χ1v) is 11.4. The molecule has 1 saturated heterocycles. The topological polar surface area (TPSA) is 90.3 Å². The maximum absolute atomic E-state index is 12.9. The largest absolute Gasteiger partial charge is 0.315 e. The van der Waals surface area contributed by atoms with Crippen molar-refractivity contribution in [3.05, 3.63) is 33.5 Å². The zero-order chi connectivity index (χ0) is 18.9. The van der Waals surface area contributed by atoms with Crippen molar-refractivity contribution in [1.29, 1.82) is 5.26 Å². The summed E-state index contributed by atoms with van der Waals surface area (Å²) < 4.78 is 27.4. The summed E-state index contributed by atoms with van der Waals surface area (Å²) in [6.07, 6.45) is 2.00. The van der Waals surface area contributed by atoms with Gasteiger partial charge in [0.05, 0.1) is 5.56 Å². The summed E-state index contributed by atoms with van der Waals surface area (Å²) in [5.74, 6) is -0.373. The summed E-state index contributed by atoms with van der Waals surface area (Å²) in [4.78, 5) is 13.8. The number of sulfonamides is 1. The SMILES string of the molecule is Cc1sc(NC(=O)C2CCCCN2S(=O)(=O)c2cccs2)c(C#N)c1C. The Balaban J connectivity index is 1.88. The molecule has 26 heavy (non-hydrogen) atoms. The summed E-state index contributed by atoms with van der Waals surface area (Å²) in [7, 11) is -3.69. The highest BCUT2D eigenvalue weighted by molar-refractivity contribution is 7.91. The van der Waals surface area contributed by atoms with Crippen LogP contribution in [0.25, 0.3) is 0 Å². The van der Waals surface area contributed by atoms with Crippen LogP contribution >= 0.6 is 22.7 Å². The Morgan fingerprint density at radius 2 is 2.15 bits per heavy atom. The van der Waals surface area contributed by atoms with E-state index in [0.29, 0.717) is 23.5 Å². The molecule has 6 nitrogen and oxygen atoms in total. The third-order valence-electron chi connectivity index (χ3n) is 4.55. The van der Waals surface area contributed by atoms with Gasteiger partial charge in [0.1, 0.15) is 21.3 Å². The van der Waals surface area contributed by atoms with Crippen molar-refractivity contribution in [1.82, 2.24) is 4.31 Å². The molecule has 0 aliphatic carbocycles. The van der Waals surface area contributed by atoms with Gasteiger partial charge in [-0.15, -0.1) is 22.7 Å². The predicted molar refractivity (Wildman–Crippen MR) is 103 cm³/mol. The standard InChI is InChI=1S/C17H19N3O3S3/c1-11-12(2)25-17(13(11)10-18)19-16(21)14-6-3-4-8-20(14)26(22,23)15-7-5-9-24-15/h5,7,9,14H,3-4,6,8H2,1-2H3,(H,19,21). The van der Waals surface area contributed by atoms with E-state index in [4.69, 9.17) is 0 Å². The summed E-state index contributed by atoms with van der Waals surface area (Å²) >= 11 is 2.49. The second kappa shape index (κ2) is 7.48. The van der Waals surface area contributed by atoms with Gasteiger partial charge < -0.3 is 5.32 Å². The molecule has 3 heterocycles. The molecule has 2 aromatic heterocycles. The van der Waals surface area contributed by atoms with Crippen LogP contribution < -0.4 is 5.32 Å². The summed E-state index contributed by atoms with van der Waals surface area (Å²) in [6, 6.07) is 4.61. The van der Waals surface area contributed by atoms with Crippen LogP contribution in [0.15, 0.2) is 21.7 Å². The lowest BCUT2D eigenvalue weighted by molar-refractivity contribution is -0.120. The molecule has 1 amide bonds. The molecule has 1 aliphatic heterocycles. The number of nitriles is 1. The highest BCUT2D eigenvalue weighted by atomic mass is 32.2. The molecule has 0 radical (unpaired) electrons. The predicted octanol–water partition coefficient (Wildman–Crippen LogP) is 3.48. The fourth-order valence-corrected chi connectivity index (χ4v) is 6.82. The molecule has 9 heteroatoms. The first kappa shape index (κ1) is 19.0. The van der Waals surface area contributed by atoms with Crippen molar-refractivity contribution in [3.63, 3.8) is 0 Å². The second-order valence-corrected chi connectivity index (χ2v) is 10.4. The van der Waals surface area contributed by atoms with Crippen molar-refractivity contribution in [3.8, 4) is 6.07 Å². The molecule has 1 fully saturated rings. The van der Waals surface area contributed by atoms with E-state index in [2.05, 4.69) is 11.4 Å². The Hall–Kier alpha value is -1.73. The minimum atomic E-state index is -3.69. The summed E-state index contributed by atoms with van der Waals surface area (Å²) in [5.41, 5.74) is 1.30. The molecule has 2 aromatic rings. The van der Waals surface area contributed by atoms with Crippen molar-refractivity contribution < 1.29 is 13.2 Å². The van der Waals surface area contributed by atoms with E-state index < -0.39 is 16.1 Å². The minimum Gasteiger partial charge on any atom is -0.315 e. The van der Waals surface area contributed by atoms with Crippen molar-refractivity contribution in [2.24, 2.45) is 0 Å². The number of carbonyl (C=O) groups is 1. The minimum absolute atomic E-state index is 0.248. The number of aryl methyl sites for hydroxylation is 1. The molecule has 0 spiro atoms. The van der Waals surface area contributed by atoms with E-state index in [1.165, 1.54) is 15.6 Å². The highest BCUT2D eigenvalue weighted by Crippen LogP contribution is 2.33. The second-order valence-electron chi connectivity index (χ2n) is 6.15. The number of carbonyl (C=O) groups excluding carboxylic acids is 1. The molecule has 1 aliphatic rings. The molecule has 0 bridgehead atoms. The number of nitrogens with one attached hydrogen (secondary N) is 1. The molecule has 0 aromatic carbocycles. The van der Waals surface area contributed by atoms with E-state index in [-0.39, 0.29) is 10.1 Å². The number of hydrogen-bond donors (Lipinski definition) is 1. The maximum Gasteiger partial charge on any atom is 0.253 e. The fraction of sp³-hybridized carbons (Fsp3) is 0.412. The van der Waals surface area contributed by atoms with Crippen LogP contribution in [-0.2, 0) is 14.8 Å².